The van der Waals surface area contributed by atoms with Crippen molar-refractivity contribution in [2.24, 2.45) is 0 Å². The summed E-state index contributed by atoms with van der Waals surface area (Å²) in [4.78, 5) is 0. The monoisotopic (exact) mass is 292 g/mol. The van der Waals surface area contributed by atoms with Gasteiger partial charge in [0.2, 0.25) is 0 Å². The van der Waals surface area contributed by atoms with E-state index in [-0.39, 0.29) is 6.07 Å². The summed E-state index contributed by atoms with van der Waals surface area (Å²) in [6.07, 6.45) is -8.04. The summed E-state index contributed by atoms with van der Waals surface area (Å²) in [5.74, 6) is -1.35. The molecule has 1 aromatic rings. The number of benzene rings is 1. The van der Waals surface area contributed by atoms with E-state index in [0.717, 1.165) is 0 Å². The van der Waals surface area contributed by atoms with Crippen LogP contribution in [0.4, 0.5) is 26.3 Å². The summed E-state index contributed by atoms with van der Waals surface area (Å²) in [5.41, 5.74) is -2.46. The molecule has 0 aliphatic carbocycles. The molecule has 0 nitrogen and oxygen atoms in total. The fraction of sp³-hybridized carbons (Fsp3) is 0.250. The second-order valence-electron chi connectivity index (χ2n) is 2.66. The van der Waals surface area contributed by atoms with Gasteiger partial charge < -0.3 is 0 Å². The van der Waals surface area contributed by atoms with Crippen LogP contribution in [0.1, 0.15) is 17.6 Å². The van der Waals surface area contributed by atoms with Crippen LogP contribution in [0.2, 0.25) is 0 Å². The number of halogens is 7. The SMILES string of the molecule is Fc1cc(C(F)F)c(Br)c(C(F)(F)F)c1. The van der Waals surface area contributed by atoms with Gasteiger partial charge in [0.25, 0.3) is 6.43 Å². The third-order valence-electron chi connectivity index (χ3n) is 1.61. The predicted octanol–water partition coefficient (Wildman–Crippen LogP) is 4.54. The molecule has 0 aliphatic heterocycles. The standard InChI is InChI=1S/C8H3BrF6/c9-6-4(7(11)12)1-3(10)2-5(6)8(13,14)15/h1-2,7H. The van der Waals surface area contributed by atoms with Crippen molar-refractivity contribution in [1.29, 1.82) is 0 Å². The molecule has 0 aliphatic rings. The average Bonchev–Trinajstić information content (AvgIpc) is 2.06. The topological polar surface area (TPSA) is 0 Å². The lowest BCUT2D eigenvalue weighted by Gasteiger charge is -2.12. The van der Waals surface area contributed by atoms with Gasteiger partial charge in [-0.15, -0.1) is 0 Å². The highest BCUT2D eigenvalue weighted by atomic mass is 79.9. The maximum Gasteiger partial charge on any atom is 0.417 e. The fourth-order valence-electron chi connectivity index (χ4n) is 0.975. The van der Waals surface area contributed by atoms with Crippen molar-refractivity contribution in [3.63, 3.8) is 0 Å². The maximum atomic E-state index is 12.6. The molecule has 0 saturated carbocycles. The molecule has 0 bridgehead atoms. The minimum Gasteiger partial charge on any atom is -0.207 e. The Bertz CT molecular complexity index is 370. The Kier molecular flexibility index (Phi) is 3.32. The van der Waals surface area contributed by atoms with Gasteiger partial charge in [-0.05, 0) is 28.1 Å². The van der Waals surface area contributed by atoms with Crippen molar-refractivity contribution in [2.75, 3.05) is 0 Å². The molecular weight excluding hydrogens is 290 g/mol. The molecule has 0 aromatic heterocycles. The molecule has 15 heavy (non-hydrogen) atoms. The Morgan fingerprint density at radius 3 is 2.07 bits per heavy atom. The first-order valence-corrected chi connectivity index (χ1v) is 4.37. The Hall–Kier alpha value is -0.720. The smallest absolute Gasteiger partial charge is 0.207 e. The molecule has 7 heteroatoms. The second-order valence-corrected chi connectivity index (χ2v) is 3.45. The highest BCUT2D eigenvalue weighted by molar-refractivity contribution is 9.10. The first-order valence-electron chi connectivity index (χ1n) is 3.57. The largest absolute Gasteiger partial charge is 0.417 e. The van der Waals surface area contributed by atoms with Gasteiger partial charge in [-0.3, -0.25) is 0 Å². The summed E-state index contributed by atoms with van der Waals surface area (Å²) in [6.45, 7) is 0. The van der Waals surface area contributed by atoms with Crippen molar-refractivity contribution in [3.05, 3.63) is 33.5 Å². The van der Waals surface area contributed by atoms with E-state index in [1.165, 1.54) is 0 Å². The van der Waals surface area contributed by atoms with E-state index >= 15 is 0 Å². The Labute approximate surface area is 89.0 Å². The predicted molar refractivity (Wildman–Crippen MR) is 44.1 cm³/mol. The Balaban J connectivity index is 3.42. The zero-order valence-electron chi connectivity index (χ0n) is 6.88. The van der Waals surface area contributed by atoms with Crippen molar-refractivity contribution in [2.45, 2.75) is 12.6 Å². The van der Waals surface area contributed by atoms with Gasteiger partial charge in [0.15, 0.2) is 0 Å². The number of rotatable bonds is 1. The molecule has 0 saturated heterocycles. The molecule has 0 unspecified atom stereocenters. The lowest BCUT2D eigenvalue weighted by molar-refractivity contribution is -0.138. The van der Waals surface area contributed by atoms with E-state index in [1.807, 2.05) is 0 Å². The van der Waals surface area contributed by atoms with E-state index in [1.54, 1.807) is 0 Å². The Morgan fingerprint density at radius 1 is 1.13 bits per heavy atom. The molecular formula is C8H3BrF6. The summed E-state index contributed by atoms with van der Waals surface area (Å²) >= 11 is 2.39. The molecule has 0 spiro atoms. The van der Waals surface area contributed by atoms with Crippen LogP contribution in [0.25, 0.3) is 0 Å². The molecule has 0 atom stereocenters. The zero-order chi connectivity index (χ0) is 11.8. The molecule has 84 valence electrons. The van der Waals surface area contributed by atoms with Gasteiger partial charge in [0.1, 0.15) is 5.82 Å². The number of hydrogen-bond donors (Lipinski definition) is 0. The first-order chi connectivity index (χ1) is 6.73. The van der Waals surface area contributed by atoms with E-state index in [0.29, 0.717) is 6.07 Å². The number of hydrogen-bond acceptors (Lipinski definition) is 0. The van der Waals surface area contributed by atoms with Crippen LogP contribution in [0.15, 0.2) is 16.6 Å². The van der Waals surface area contributed by atoms with E-state index < -0.39 is 34.0 Å². The molecule has 1 rings (SSSR count). The quantitative estimate of drug-likeness (QED) is 0.667. The highest BCUT2D eigenvalue weighted by Gasteiger charge is 2.35. The third-order valence-corrected chi connectivity index (χ3v) is 2.49. The summed E-state index contributed by atoms with van der Waals surface area (Å²) in [7, 11) is 0. The van der Waals surface area contributed by atoms with Gasteiger partial charge in [0, 0.05) is 10.0 Å². The zero-order valence-corrected chi connectivity index (χ0v) is 8.46. The molecule has 1 aromatic carbocycles. The molecule has 0 heterocycles. The lowest BCUT2D eigenvalue weighted by atomic mass is 10.1. The summed E-state index contributed by atoms with van der Waals surface area (Å²) < 4.78 is 72.9. The van der Waals surface area contributed by atoms with Crippen molar-refractivity contribution in [3.8, 4) is 0 Å². The van der Waals surface area contributed by atoms with Crippen LogP contribution in [-0.4, -0.2) is 0 Å². The van der Waals surface area contributed by atoms with Crippen LogP contribution in [0, 0.1) is 5.82 Å². The van der Waals surface area contributed by atoms with Gasteiger partial charge in [-0.25, -0.2) is 13.2 Å². The minimum atomic E-state index is -4.87. The van der Waals surface area contributed by atoms with E-state index in [9.17, 15) is 26.3 Å². The van der Waals surface area contributed by atoms with Crippen molar-refractivity contribution >= 4 is 15.9 Å². The van der Waals surface area contributed by atoms with Crippen LogP contribution >= 0.6 is 15.9 Å². The van der Waals surface area contributed by atoms with Crippen LogP contribution in [-0.2, 0) is 6.18 Å². The lowest BCUT2D eigenvalue weighted by Crippen LogP contribution is -2.08. The molecule has 0 amide bonds. The summed E-state index contributed by atoms with van der Waals surface area (Å²) in [5, 5.41) is 0. The molecule has 0 N–H and O–H groups in total. The first kappa shape index (κ1) is 12.4. The highest BCUT2D eigenvalue weighted by Crippen LogP contribution is 2.39. The van der Waals surface area contributed by atoms with Crippen molar-refractivity contribution in [1.82, 2.24) is 0 Å². The summed E-state index contributed by atoms with van der Waals surface area (Å²) in [6, 6.07) is 0.528. The van der Waals surface area contributed by atoms with Gasteiger partial charge >= 0.3 is 6.18 Å². The van der Waals surface area contributed by atoms with Crippen LogP contribution in [0.3, 0.4) is 0 Å². The molecule has 0 radical (unpaired) electrons. The fourth-order valence-corrected chi connectivity index (χ4v) is 1.60. The number of alkyl halides is 5. The normalized spacial score (nSPS) is 12.3. The van der Waals surface area contributed by atoms with E-state index in [2.05, 4.69) is 15.9 Å². The van der Waals surface area contributed by atoms with Crippen LogP contribution < -0.4 is 0 Å². The third kappa shape index (κ3) is 2.64. The Morgan fingerprint density at radius 2 is 1.67 bits per heavy atom. The van der Waals surface area contributed by atoms with Crippen molar-refractivity contribution < 1.29 is 26.3 Å². The van der Waals surface area contributed by atoms with E-state index in [4.69, 9.17) is 0 Å². The van der Waals surface area contributed by atoms with Gasteiger partial charge in [-0.1, -0.05) is 0 Å². The molecule has 0 fully saturated rings. The minimum absolute atomic E-state index is 0.163. The van der Waals surface area contributed by atoms with Gasteiger partial charge in [-0.2, -0.15) is 13.2 Å². The second kappa shape index (κ2) is 4.03. The van der Waals surface area contributed by atoms with Crippen LogP contribution in [0.5, 0.6) is 0 Å². The van der Waals surface area contributed by atoms with Gasteiger partial charge in [0.05, 0.1) is 5.56 Å². The average molecular weight is 293 g/mol. The maximum absolute atomic E-state index is 12.6.